The highest BCUT2D eigenvalue weighted by Gasteiger charge is 2.26. The van der Waals surface area contributed by atoms with Crippen LogP contribution in [0.1, 0.15) is 18.4 Å². The molecule has 6 rings (SSSR count). The molecular weight excluding hydrogens is 478 g/mol. The molecule has 0 spiro atoms. The molecule has 188 valence electrons. The first-order valence-corrected chi connectivity index (χ1v) is 12.0. The van der Waals surface area contributed by atoms with Crippen LogP contribution in [-0.2, 0) is 11.8 Å². The Hall–Kier alpha value is -4.34. The van der Waals surface area contributed by atoms with Gasteiger partial charge in [0.05, 0.1) is 17.4 Å². The fraction of sp³-hybridized carbons (Fsp3) is 0.259. The van der Waals surface area contributed by atoms with Gasteiger partial charge in [0.25, 0.3) is 0 Å². The van der Waals surface area contributed by atoms with Gasteiger partial charge in [-0.25, -0.2) is 18.4 Å². The SMILES string of the molecule is Cc1cccc2c(-c3c(F)cc(F)c4nn(C)cc34)nn(-c3ccc(N4CC[C@H](CC(=O)O)C4)nc3)c12. The van der Waals surface area contributed by atoms with E-state index >= 15 is 4.39 Å². The molecule has 1 aliphatic rings. The minimum atomic E-state index is -0.784. The average Bonchev–Trinajstić information content (AvgIpc) is 3.57. The fourth-order valence-corrected chi connectivity index (χ4v) is 5.32. The van der Waals surface area contributed by atoms with Crippen LogP contribution in [0.4, 0.5) is 14.6 Å². The number of aromatic nitrogens is 5. The maximum atomic E-state index is 15.3. The van der Waals surface area contributed by atoms with Crippen LogP contribution >= 0.6 is 0 Å². The maximum Gasteiger partial charge on any atom is 0.303 e. The Balaban J connectivity index is 1.45. The maximum absolute atomic E-state index is 15.3. The number of benzene rings is 2. The number of anilines is 1. The molecule has 1 fully saturated rings. The van der Waals surface area contributed by atoms with Crippen molar-refractivity contribution in [2.75, 3.05) is 18.0 Å². The minimum Gasteiger partial charge on any atom is -0.481 e. The molecule has 3 aromatic heterocycles. The number of aryl methyl sites for hydroxylation is 2. The van der Waals surface area contributed by atoms with Crippen molar-refractivity contribution in [2.24, 2.45) is 13.0 Å². The average molecular weight is 503 g/mol. The molecule has 4 heterocycles. The second-order valence-electron chi connectivity index (χ2n) is 9.58. The van der Waals surface area contributed by atoms with Crippen LogP contribution in [0.25, 0.3) is 38.8 Å². The molecule has 2 aromatic carbocycles. The monoisotopic (exact) mass is 502 g/mol. The van der Waals surface area contributed by atoms with E-state index in [1.54, 1.807) is 24.1 Å². The summed E-state index contributed by atoms with van der Waals surface area (Å²) in [5, 5.41) is 19.1. The first kappa shape index (κ1) is 23.1. The number of halogens is 2. The van der Waals surface area contributed by atoms with Gasteiger partial charge < -0.3 is 10.0 Å². The Morgan fingerprint density at radius 2 is 1.97 bits per heavy atom. The predicted molar refractivity (Wildman–Crippen MR) is 136 cm³/mol. The van der Waals surface area contributed by atoms with Crippen LogP contribution in [0, 0.1) is 24.5 Å². The van der Waals surface area contributed by atoms with Gasteiger partial charge in [-0.15, -0.1) is 0 Å². The lowest BCUT2D eigenvalue weighted by atomic mass is 10.0. The van der Waals surface area contributed by atoms with Crippen LogP contribution in [0.3, 0.4) is 0 Å². The molecule has 37 heavy (non-hydrogen) atoms. The molecule has 8 nitrogen and oxygen atoms in total. The smallest absolute Gasteiger partial charge is 0.303 e. The molecule has 0 bridgehead atoms. The van der Waals surface area contributed by atoms with Crippen molar-refractivity contribution in [1.29, 1.82) is 0 Å². The Kier molecular flexibility index (Phi) is 5.40. The zero-order valence-electron chi connectivity index (χ0n) is 20.3. The molecular formula is C27H24F2N6O2. The van der Waals surface area contributed by atoms with Crippen molar-refractivity contribution >= 4 is 33.6 Å². The molecule has 1 N–H and O–H groups in total. The summed E-state index contributed by atoms with van der Waals surface area (Å²) in [7, 11) is 1.67. The molecule has 1 atom stereocenters. The molecule has 0 saturated carbocycles. The molecule has 0 radical (unpaired) electrons. The largest absolute Gasteiger partial charge is 0.481 e. The Labute approximate surface area is 210 Å². The van der Waals surface area contributed by atoms with Crippen LogP contribution < -0.4 is 4.90 Å². The van der Waals surface area contributed by atoms with Gasteiger partial charge in [-0.05, 0) is 37.0 Å². The van der Waals surface area contributed by atoms with Gasteiger partial charge in [-0.2, -0.15) is 10.2 Å². The fourth-order valence-electron chi connectivity index (χ4n) is 5.32. The number of rotatable bonds is 5. The zero-order valence-corrected chi connectivity index (χ0v) is 20.3. The van der Waals surface area contributed by atoms with Gasteiger partial charge in [-0.3, -0.25) is 9.48 Å². The Morgan fingerprint density at radius 1 is 1.14 bits per heavy atom. The summed E-state index contributed by atoms with van der Waals surface area (Å²) in [6.07, 6.45) is 4.28. The van der Waals surface area contributed by atoms with Crippen molar-refractivity contribution in [3.63, 3.8) is 0 Å². The summed E-state index contributed by atoms with van der Waals surface area (Å²) in [5.74, 6) is -1.33. The number of para-hydroxylation sites is 1. The number of carboxylic acids is 1. The van der Waals surface area contributed by atoms with Gasteiger partial charge in [0.15, 0.2) is 5.82 Å². The van der Waals surface area contributed by atoms with E-state index in [9.17, 15) is 9.18 Å². The van der Waals surface area contributed by atoms with Crippen LogP contribution in [-0.4, -0.2) is 48.7 Å². The summed E-state index contributed by atoms with van der Waals surface area (Å²) in [6, 6.07) is 10.4. The van der Waals surface area contributed by atoms with E-state index in [1.165, 1.54) is 4.68 Å². The van der Waals surface area contributed by atoms with E-state index in [0.29, 0.717) is 23.3 Å². The molecule has 1 saturated heterocycles. The van der Waals surface area contributed by atoms with Crippen molar-refractivity contribution < 1.29 is 18.7 Å². The third-order valence-corrected chi connectivity index (χ3v) is 7.01. The van der Waals surface area contributed by atoms with Crippen molar-refractivity contribution in [2.45, 2.75) is 19.8 Å². The van der Waals surface area contributed by atoms with E-state index in [0.717, 1.165) is 41.3 Å². The predicted octanol–water partition coefficient (Wildman–Crippen LogP) is 4.86. The number of pyridine rings is 1. The minimum absolute atomic E-state index is 0.0899. The highest BCUT2D eigenvalue weighted by Crippen LogP contribution is 2.38. The van der Waals surface area contributed by atoms with E-state index in [2.05, 4.69) is 15.0 Å². The summed E-state index contributed by atoms with van der Waals surface area (Å²) >= 11 is 0. The highest BCUT2D eigenvalue weighted by atomic mass is 19.1. The van der Waals surface area contributed by atoms with Gasteiger partial charge in [0.2, 0.25) is 0 Å². The van der Waals surface area contributed by atoms with Crippen LogP contribution in [0.2, 0.25) is 0 Å². The lowest BCUT2D eigenvalue weighted by Gasteiger charge is -2.17. The van der Waals surface area contributed by atoms with Crippen molar-refractivity contribution in [3.8, 4) is 16.9 Å². The summed E-state index contributed by atoms with van der Waals surface area (Å²) in [4.78, 5) is 17.8. The third kappa shape index (κ3) is 3.89. The number of hydrogen-bond acceptors (Lipinski definition) is 5. The van der Waals surface area contributed by atoms with Gasteiger partial charge in [-0.1, -0.05) is 18.2 Å². The number of nitrogens with zero attached hydrogens (tertiary/aromatic N) is 6. The van der Waals surface area contributed by atoms with Gasteiger partial charge >= 0.3 is 5.97 Å². The summed E-state index contributed by atoms with van der Waals surface area (Å²) < 4.78 is 32.9. The molecule has 5 aromatic rings. The molecule has 0 amide bonds. The molecule has 10 heteroatoms. The quantitative estimate of drug-likeness (QED) is 0.369. The number of aliphatic carboxylic acids is 1. The zero-order chi connectivity index (χ0) is 25.8. The lowest BCUT2D eigenvalue weighted by Crippen LogP contribution is -2.21. The van der Waals surface area contributed by atoms with Crippen molar-refractivity contribution in [3.05, 3.63) is 66.0 Å². The van der Waals surface area contributed by atoms with Crippen molar-refractivity contribution in [1.82, 2.24) is 24.5 Å². The standard InChI is InChI=1S/C27H24F2N6O2/c1-15-4-3-5-18-26(24-19-14-33(2)31-25(19)21(29)11-20(24)28)32-35(27(15)18)17-6-7-22(30-12-17)34-9-8-16(13-34)10-23(36)37/h3-7,11-12,14,16H,8-10,13H2,1-2H3,(H,36,37)/t16-/m1/s1. The second kappa shape index (κ2) is 8.65. The normalized spacial score (nSPS) is 15.8. The number of carbonyl (C=O) groups is 1. The molecule has 1 aliphatic heterocycles. The van der Waals surface area contributed by atoms with E-state index in [4.69, 9.17) is 10.2 Å². The number of hydrogen-bond donors (Lipinski definition) is 1. The Bertz CT molecular complexity index is 1670. The van der Waals surface area contributed by atoms with E-state index in [-0.39, 0.29) is 23.4 Å². The topological polar surface area (TPSA) is 89.1 Å². The molecule has 0 unspecified atom stereocenters. The van der Waals surface area contributed by atoms with E-state index < -0.39 is 17.6 Å². The summed E-state index contributed by atoms with van der Waals surface area (Å²) in [5.41, 5.74) is 3.13. The summed E-state index contributed by atoms with van der Waals surface area (Å²) in [6.45, 7) is 3.36. The first-order valence-electron chi connectivity index (χ1n) is 12.0. The second-order valence-corrected chi connectivity index (χ2v) is 9.58. The Morgan fingerprint density at radius 3 is 2.73 bits per heavy atom. The van der Waals surface area contributed by atoms with Crippen LogP contribution in [0.15, 0.2) is 48.8 Å². The van der Waals surface area contributed by atoms with Crippen LogP contribution in [0.5, 0.6) is 0 Å². The number of carboxylic acid groups (broad SMARTS) is 1. The van der Waals surface area contributed by atoms with Gasteiger partial charge in [0, 0.05) is 55.2 Å². The molecule has 0 aliphatic carbocycles. The van der Waals surface area contributed by atoms with Gasteiger partial charge in [0.1, 0.15) is 22.8 Å². The lowest BCUT2D eigenvalue weighted by molar-refractivity contribution is -0.137. The highest BCUT2D eigenvalue weighted by molar-refractivity contribution is 6.04. The third-order valence-electron chi connectivity index (χ3n) is 7.01. The van der Waals surface area contributed by atoms with E-state index in [1.807, 2.05) is 37.3 Å². The number of fused-ring (bicyclic) bond motifs is 2. The first-order chi connectivity index (χ1) is 17.8.